The fourth-order valence-electron chi connectivity index (χ4n) is 3.18. The number of rotatable bonds is 4. The van der Waals surface area contributed by atoms with Crippen LogP contribution in [0.25, 0.3) is 5.69 Å². The molecule has 1 N–H and O–H groups in total. The van der Waals surface area contributed by atoms with Crippen molar-refractivity contribution in [1.82, 2.24) is 14.7 Å². The molecule has 1 atom stereocenters. The standard InChI is InChI=1S/C19H26N4O2/c1-13-5-7-17(8-6-13)23-16(4)19(15(3)21-23)20-18(24)12-22-9-10-25-14(2)11-22/h5-8,14H,9-12H2,1-4H3,(H,20,24)/t14-/m1/s1. The maximum absolute atomic E-state index is 12.5. The molecule has 1 aliphatic rings. The molecule has 1 aromatic carbocycles. The van der Waals surface area contributed by atoms with Gasteiger partial charge < -0.3 is 10.1 Å². The van der Waals surface area contributed by atoms with Crippen molar-refractivity contribution in [3.8, 4) is 5.69 Å². The molecule has 2 aromatic rings. The Morgan fingerprint density at radius 1 is 1.28 bits per heavy atom. The van der Waals surface area contributed by atoms with Crippen LogP contribution in [-0.4, -0.2) is 52.9 Å². The zero-order valence-corrected chi connectivity index (χ0v) is 15.4. The van der Waals surface area contributed by atoms with Gasteiger partial charge in [-0.25, -0.2) is 4.68 Å². The number of ether oxygens (including phenoxy) is 1. The molecule has 1 fully saturated rings. The monoisotopic (exact) mass is 342 g/mol. The highest BCUT2D eigenvalue weighted by Gasteiger charge is 2.21. The molecule has 0 spiro atoms. The zero-order chi connectivity index (χ0) is 18.0. The third-order valence-corrected chi connectivity index (χ3v) is 4.53. The lowest BCUT2D eigenvalue weighted by Gasteiger charge is -2.30. The lowest BCUT2D eigenvalue weighted by Crippen LogP contribution is -2.44. The molecular weight excluding hydrogens is 316 g/mol. The van der Waals surface area contributed by atoms with Gasteiger partial charge in [-0.1, -0.05) is 17.7 Å². The fraction of sp³-hybridized carbons (Fsp3) is 0.474. The number of hydrogen-bond donors (Lipinski definition) is 1. The van der Waals surface area contributed by atoms with Gasteiger partial charge in [-0.3, -0.25) is 9.69 Å². The topological polar surface area (TPSA) is 59.4 Å². The summed E-state index contributed by atoms with van der Waals surface area (Å²) in [5.41, 5.74) is 4.76. The normalized spacial score (nSPS) is 18.3. The molecule has 0 unspecified atom stereocenters. The van der Waals surface area contributed by atoms with Crippen LogP contribution in [-0.2, 0) is 9.53 Å². The maximum atomic E-state index is 12.5. The predicted octanol–water partition coefficient (Wildman–Crippen LogP) is 2.46. The smallest absolute Gasteiger partial charge is 0.238 e. The third kappa shape index (κ3) is 4.08. The van der Waals surface area contributed by atoms with E-state index in [-0.39, 0.29) is 12.0 Å². The van der Waals surface area contributed by atoms with Gasteiger partial charge in [-0.05, 0) is 39.8 Å². The van der Waals surface area contributed by atoms with Crippen molar-refractivity contribution in [2.45, 2.75) is 33.8 Å². The largest absolute Gasteiger partial charge is 0.376 e. The first-order chi connectivity index (χ1) is 11.9. The summed E-state index contributed by atoms with van der Waals surface area (Å²) in [6, 6.07) is 8.19. The van der Waals surface area contributed by atoms with Gasteiger partial charge in [0.15, 0.2) is 0 Å². The molecule has 2 heterocycles. The molecule has 0 saturated carbocycles. The van der Waals surface area contributed by atoms with Gasteiger partial charge in [-0.15, -0.1) is 0 Å². The van der Waals surface area contributed by atoms with E-state index in [0.717, 1.165) is 35.9 Å². The quantitative estimate of drug-likeness (QED) is 0.927. The molecule has 1 saturated heterocycles. The summed E-state index contributed by atoms with van der Waals surface area (Å²) < 4.78 is 7.40. The number of anilines is 1. The number of carbonyl (C=O) groups excluding carboxylic acids is 1. The van der Waals surface area contributed by atoms with Crippen molar-refractivity contribution in [1.29, 1.82) is 0 Å². The van der Waals surface area contributed by atoms with Crippen LogP contribution in [0.5, 0.6) is 0 Å². The van der Waals surface area contributed by atoms with Crippen LogP contribution in [0.15, 0.2) is 24.3 Å². The van der Waals surface area contributed by atoms with Crippen LogP contribution in [0.2, 0.25) is 0 Å². The van der Waals surface area contributed by atoms with E-state index in [1.165, 1.54) is 5.56 Å². The molecule has 6 heteroatoms. The first-order valence-corrected chi connectivity index (χ1v) is 8.71. The molecule has 3 rings (SSSR count). The van der Waals surface area contributed by atoms with Gasteiger partial charge >= 0.3 is 0 Å². The summed E-state index contributed by atoms with van der Waals surface area (Å²) in [4.78, 5) is 14.6. The molecule has 1 amide bonds. The van der Waals surface area contributed by atoms with E-state index >= 15 is 0 Å². The van der Waals surface area contributed by atoms with Gasteiger partial charge in [0.05, 0.1) is 42.0 Å². The number of aryl methyl sites for hydroxylation is 2. The second kappa shape index (κ2) is 7.37. The number of nitrogens with one attached hydrogen (secondary N) is 1. The van der Waals surface area contributed by atoms with Gasteiger partial charge in [0, 0.05) is 13.1 Å². The summed E-state index contributed by atoms with van der Waals surface area (Å²) in [6.45, 7) is 10.6. The minimum absolute atomic E-state index is 0.0104. The van der Waals surface area contributed by atoms with Crippen molar-refractivity contribution in [2.75, 3.05) is 31.6 Å². The third-order valence-electron chi connectivity index (χ3n) is 4.53. The SMILES string of the molecule is Cc1ccc(-n2nc(C)c(NC(=O)CN3CCO[C@H](C)C3)c2C)cc1. The molecule has 25 heavy (non-hydrogen) atoms. The molecular formula is C19H26N4O2. The fourth-order valence-corrected chi connectivity index (χ4v) is 3.18. The van der Waals surface area contributed by atoms with Crippen LogP contribution >= 0.6 is 0 Å². The van der Waals surface area contributed by atoms with Crippen LogP contribution in [0.1, 0.15) is 23.9 Å². The summed E-state index contributed by atoms with van der Waals surface area (Å²) in [7, 11) is 0. The Labute approximate surface area is 148 Å². The lowest BCUT2D eigenvalue weighted by molar-refractivity contribution is -0.119. The van der Waals surface area contributed by atoms with Crippen LogP contribution in [0, 0.1) is 20.8 Å². The highest BCUT2D eigenvalue weighted by molar-refractivity contribution is 5.93. The lowest BCUT2D eigenvalue weighted by atomic mass is 10.2. The number of nitrogens with zero attached hydrogens (tertiary/aromatic N) is 3. The average molecular weight is 342 g/mol. The predicted molar refractivity (Wildman–Crippen MR) is 98.3 cm³/mol. The van der Waals surface area contributed by atoms with E-state index in [1.807, 2.05) is 37.6 Å². The minimum atomic E-state index is -0.0104. The molecule has 1 aromatic heterocycles. The van der Waals surface area contributed by atoms with Gasteiger partial charge in [0.1, 0.15) is 0 Å². The van der Waals surface area contributed by atoms with Crippen molar-refractivity contribution < 1.29 is 9.53 Å². The number of morpholine rings is 1. The average Bonchev–Trinajstić information content (AvgIpc) is 2.84. The Kier molecular flexibility index (Phi) is 5.20. The van der Waals surface area contributed by atoms with E-state index < -0.39 is 0 Å². The number of amides is 1. The summed E-state index contributed by atoms with van der Waals surface area (Å²) >= 11 is 0. The molecule has 134 valence electrons. The van der Waals surface area contributed by atoms with Crippen LogP contribution in [0.4, 0.5) is 5.69 Å². The molecule has 0 aliphatic carbocycles. The Bertz CT molecular complexity index is 752. The van der Waals surface area contributed by atoms with Crippen LogP contribution in [0.3, 0.4) is 0 Å². The van der Waals surface area contributed by atoms with E-state index in [9.17, 15) is 4.79 Å². The maximum Gasteiger partial charge on any atom is 0.238 e. The van der Waals surface area contributed by atoms with Crippen molar-refractivity contribution in [2.24, 2.45) is 0 Å². The van der Waals surface area contributed by atoms with E-state index in [1.54, 1.807) is 0 Å². The molecule has 0 bridgehead atoms. The minimum Gasteiger partial charge on any atom is -0.376 e. The summed E-state index contributed by atoms with van der Waals surface area (Å²) in [5.74, 6) is -0.0104. The highest BCUT2D eigenvalue weighted by Crippen LogP contribution is 2.23. The van der Waals surface area contributed by atoms with Gasteiger partial charge in [-0.2, -0.15) is 5.10 Å². The van der Waals surface area contributed by atoms with E-state index in [0.29, 0.717) is 13.2 Å². The first-order valence-electron chi connectivity index (χ1n) is 8.71. The number of hydrogen-bond acceptors (Lipinski definition) is 4. The summed E-state index contributed by atoms with van der Waals surface area (Å²) in [5, 5.41) is 7.63. The van der Waals surface area contributed by atoms with Gasteiger partial charge in [0.25, 0.3) is 0 Å². The Hall–Kier alpha value is -2.18. The molecule has 1 aliphatic heterocycles. The number of carbonyl (C=O) groups is 1. The Morgan fingerprint density at radius 3 is 2.68 bits per heavy atom. The second-order valence-electron chi connectivity index (χ2n) is 6.76. The van der Waals surface area contributed by atoms with Crippen LogP contribution < -0.4 is 5.32 Å². The molecule has 6 nitrogen and oxygen atoms in total. The zero-order valence-electron chi connectivity index (χ0n) is 15.4. The van der Waals surface area contributed by atoms with E-state index in [4.69, 9.17) is 4.74 Å². The van der Waals surface area contributed by atoms with Crippen molar-refractivity contribution in [3.63, 3.8) is 0 Å². The Balaban J connectivity index is 1.72. The molecule has 0 radical (unpaired) electrons. The van der Waals surface area contributed by atoms with E-state index in [2.05, 4.69) is 34.4 Å². The van der Waals surface area contributed by atoms with Crippen molar-refractivity contribution >= 4 is 11.6 Å². The highest BCUT2D eigenvalue weighted by atomic mass is 16.5. The van der Waals surface area contributed by atoms with Gasteiger partial charge in [0.2, 0.25) is 5.91 Å². The number of benzene rings is 1. The second-order valence-corrected chi connectivity index (χ2v) is 6.76. The van der Waals surface area contributed by atoms with Crippen molar-refractivity contribution in [3.05, 3.63) is 41.2 Å². The Morgan fingerprint density at radius 2 is 2.00 bits per heavy atom. The summed E-state index contributed by atoms with van der Waals surface area (Å²) in [6.07, 6.45) is 0.175. The number of aromatic nitrogens is 2. The first kappa shape index (κ1) is 17.6.